The van der Waals surface area contributed by atoms with Crippen molar-refractivity contribution in [2.75, 3.05) is 44.8 Å². The monoisotopic (exact) mass is 511 g/mol. The van der Waals surface area contributed by atoms with Crippen LogP contribution in [0.4, 0.5) is 5.82 Å². The van der Waals surface area contributed by atoms with Crippen molar-refractivity contribution in [2.45, 2.75) is 31.6 Å². The molecular formula is C25H29N5O7. The van der Waals surface area contributed by atoms with Crippen LogP contribution in [0.5, 0.6) is 0 Å². The predicted molar refractivity (Wildman–Crippen MR) is 133 cm³/mol. The van der Waals surface area contributed by atoms with Crippen LogP contribution in [0, 0.1) is 42.9 Å². The molecule has 1 saturated carbocycles. The van der Waals surface area contributed by atoms with E-state index in [-0.39, 0.29) is 38.5 Å². The van der Waals surface area contributed by atoms with Crippen molar-refractivity contribution in [2.24, 2.45) is 5.92 Å². The summed E-state index contributed by atoms with van der Waals surface area (Å²) in [6.45, 7) is 0.0627. The number of terminal acetylenes is 3. The van der Waals surface area contributed by atoms with E-state index < -0.39 is 60.8 Å². The summed E-state index contributed by atoms with van der Waals surface area (Å²) in [5, 5.41) is 14.9. The Labute approximate surface area is 214 Å². The largest absolute Gasteiger partial charge is 0.396 e. The average Bonchev–Trinajstić information content (AvgIpc) is 3.21. The zero-order valence-corrected chi connectivity index (χ0v) is 20.4. The number of ether oxygens (including phenoxy) is 2. The van der Waals surface area contributed by atoms with E-state index in [1.807, 2.05) is 0 Å². The molecule has 0 saturated heterocycles. The standard InChI is InChI=1S/C25H29N5O7/c1-5-9-26-21(33)15-36-23-18(14-31)13-19(30-12-8-20(27-17(4)32)28-25(30)35)24(23)37-16-22(34)29(10-6-2)11-7-3/h1-3,8,12,18-19,23-24,31H,9-11,13-16H2,4H3,(H,26,33)(H,27,28,32,35)/t18-,19-,23-,24+/m1/s1. The number of carbonyl (C=O) groups excluding carboxylic acids is 3. The molecule has 1 aromatic rings. The summed E-state index contributed by atoms with van der Waals surface area (Å²) in [5.41, 5.74) is -0.693. The Morgan fingerprint density at radius 2 is 1.84 bits per heavy atom. The molecule has 1 fully saturated rings. The number of nitrogens with one attached hydrogen (secondary N) is 2. The molecule has 2 rings (SSSR count). The van der Waals surface area contributed by atoms with Crippen LogP contribution in [0.1, 0.15) is 19.4 Å². The molecule has 1 aromatic heterocycles. The maximum Gasteiger partial charge on any atom is 0.349 e. The molecule has 0 radical (unpaired) electrons. The number of nitrogens with zero attached hydrogens (tertiary/aromatic N) is 3. The fourth-order valence-corrected chi connectivity index (χ4v) is 3.95. The summed E-state index contributed by atoms with van der Waals surface area (Å²) < 4.78 is 13.0. The minimum Gasteiger partial charge on any atom is -0.396 e. The molecule has 0 bridgehead atoms. The lowest BCUT2D eigenvalue weighted by Crippen LogP contribution is -2.43. The van der Waals surface area contributed by atoms with E-state index in [9.17, 15) is 24.3 Å². The molecule has 1 aliphatic carbocycles. The molecular weight excluding hydrogens is 482 g/mol. The zero-order valence-electron chi connectivity index (χ0n) is 20.4. The van der Waals surface area contributed by atoms with Gasteiger partial charge in [-0.25, -0.2) is 4.79 Å². The van der Waals surface area contributed by atoms with Gasteiger partial charge in [0, 0.05) is 25.6 Å². The summed E-state index contributed by atoms with van der Waals surface area (Å²) in [6.07, 6.45) is 15.6. The molecule has 12 nitrogen and oxygen atoms in total. The van der Waals surface area contributed by atoms with E-state index in [1.165, 1.54) is 28.7 Å². The van der Waals surface area contributed by atoms with Crippen LogP contribution in [0.3, 0.4) is 0 Å². The van der Waals surface area contributed by atoms with Gasteiger partial charge in [0.15, 0.2) is 0 Å². The van der Waals surface area contributed by atoms with Gasteiger partial charge in [0.05, 0.1) is 31.8 Å². The van der Waals surface area contributed by atoms with Crippen molar-refractivity contribution in [3.8, 4) is 37.0 Å². The van der Waals surface area contributed by atoms with E-state index in [0.29, 0.717) is 0 Å². The SMILES string of the molecule is C#CCNC(=O)CO[C@@H]1[C@@H](CO)C[C@@H](n2ccc(NC(C)=O)nc2=O)[C@@H]1OCC(=O)N(CC#C)CC#C. The minimum absolute atomic E-state index is 0.00917. The van der Waals surface area contributed by atoms with Gasteiger partial charge in [0.1, 0.15) is 25.1 Å². The maximum absolute atomic E-state index is 12.8. The highest BCUT2D eigenvalue weighted by atomic mass is 16.5. The van der Waals surface area contributed by atoms with Gasteiger partial charge in [-0.05, 0) is 12.5 Å². The first kappa shape index (κ1) is 29.1. The average molecular weight is 512 g/mol. The van der Waals surface area contributed by atoms with Gasteiger partial charge in [-0.2, -0.15) is 4.98 Å². The van der Waals surface area contributed by atoms with Crippen molar-refractivity contribution >= 4 is 23.5 Å². The number of aromatic nitrogens is 2. The second-order valence-corrected chi connectivity index (χ2v) is 8.12. The van der Waals surface area contributed by atoms with Crippen molar-refractivity contribution < 1.29 is 29.0 Å². The van der Waals surface area contributed by atoms with Gasteiger partial charge >= 0.3 is 5.69 Å². The number of carbonyl (C=O) groups is 3. The highest BCUT2D eigenvalue weighted by molar-refractivity contribution is 5.87. The molecule has 12 heteroatoms. The fraction of sp³-hybridized carbons (Fsp3) is 0.480. The Hall–Kier alpha value is -4.15. The molecule has 1 heterocycles. The van der Waals surface area contributed by atoms with Gasteiger partial charge in [0.25, 0.3) is 0 Å². The van der Waals surface area contributed by atoms with Gasteiger partial charge in [-0.15, -0.1) is 19.3 Å². The Bertz CT molecular complexity index is 1140. The topological polar surface area (TPSA) is 152 Å². The second kappa shape index (κ2) is 14.4. The lowest BCUT2D eigenvalue weighted by molar-refractivity contribution is -0.146. The molecule has 0 aromatic carbocycles. The van der Waals surface area contributed by atoms with E-state index in [0.717, 1.165) is 0 Å². The molecule has 37 heavy (non-hydrogen) atoms. The molecule has 0 unspecified atom stereocenters. The van der Waals surface area contributed by atoms with Crippen molar-refractivity contribution in [3.63, 3.8) is 0 Å². The fourth-order valence-electron chi connectivity index (χ4n) is 3.95. The molecule has 3 N–H and O–H groups in total. The number of hydrogen-bond donors (Lipinski definition) is 3. The maximum atomic E-state index is 12.8. The summed E-state index contributed by atoms with van der Waals surface area (Å²) in [5.74, 6) is 5.13. The minimum atomic E-state index is -0.939. The smallest absolute Gasteiger partial charge is 0.349 e. The lowest BCUT2D eigenvalue weighted by Gasteiger charge is -2.28. The summed E-state index contributed by atoms with van der Waals surface area (Å²) in [6, 6.07) is 0.714. The van der Waals surface area contributed by atoms with E-state index in [1.54, 1.807) is 0 Å². The van der Waals surface area contributed by atoms with Crippen LogP contribution in [-0.2, 0) is 23.9 Å². The number of aliphatic hydroxyl groups excluding tert-OH is 1. The van der Waals surface area contributed by atoms with Gasteiger partial charge in [-0.1, -0.05) is 17.8 Å². The zero-order chi connectivity index (χ0) is 27.4. The lowest BCUT2D eigenvalue weighted by atomic mass is 10.1. The van der Waals surface area contributed by atoms with Crippen LogP contribution in [0.15, 0.2) is 17.1 Å². The number of anilines is 1. The van der Waals surface area contributed by atoms with Crippen LogP contribution >= 0.6 is 0 Å². The predicted octanol–water partition coefficient (Wildman–Crippen LogP) is -1.63. The van der Waals surface area contributed by atoms with Crippen molar-refractivity contribution in [1.29, 1.82) is 0 Å². The van der Waals surface area contributed by atoms with E-state index in [4.69, 9.17) is 28.7 Å². The Kier molecular flexibility index (Phi) is 11.3. The van der Waals surface area contributed by atoms with E-state index >= 15 is 0 Å². The molecule has 1 aliphatic rings. The van der Waals surface area contributed by atoms with Crippen LogP contribution < -0.4 is 16.3 Å². The Morgan fingerprint density at radius 3 is 2.41 bits per heavy atom. The number of aliphatic hydroxyl groups is 1. The number of rotatable bonds is 12. The highest BCUT2D eigenvalue weighted by Crippen LogP contribution is 2.38. The highest BCUT2D eigenvalue weighted by Gasteiger charge is 2.46. The molecule has 0 spiro atoms. The first-order valence-electron chi connectivity index (χ1n) is 11.3. The molecule has 196 valence electrons. The van der Waals surface area contributed by atoms with Crippen LogP contribution in [0.2, 0.25) is 0 Å². The normalized spacial score (nSPS) is 20.2. The summed E-state index contributed by atoms with van der Waals surface area (Å²) >= 11 is 0. The Balaban J connectivity index is 2.33. The van der Waals surface area contributed by atoms with Crippen LogP contribution in [0.25, 0.3) is 0 Å². The summed E-state index contributed by atoms with van der Waals surface area (Å²) in [7, 11) is 0. The molecule has 4 atom stereocenters. The van der Waals surface area contributed by atoms with E-state index in [2.05, 4.69) is 33.4 Å². The number of hydrogen-bond acceptors (Lipinski definition) is 8. The van der Waals surface area contributed by atoms with Gasteiger partial charge < -0.3 is 30.1 Å². The van der Waals surface area contributed by atoms with Crippen LogP contribution in [-0.4, -0.2) is 88.9 Å². The first-order chi connectivity index (χ1) is 17.7. The summed E-state index contributed by atoms with van der Waals surface area (Å²) in [4.78, 5) is 54.0. The Morgan fingerprint density at radius 1 is 1.16 bits per heavy atom. The third kappa shape index (κ3) is 8.19. The molecule has 3 amide bonds. The van der Waals surface area contributed by atoms with Crippen molar-refractivity contribution in [3.05, 3.63) is 22.7 Å². The van der Waals surface area contributed by atoms with Gasteiger partial charge in [-0.3, -0.25) is 19.0 Å². The third-order valence-electron chi connectivity index (χ3n) is 5.55. The number of amides is 3. The van der Waals surface area contributed by atoms with Gasteiger partial charge in [0.2, 0.25) is 17.7 Å². The van der Waals surface area contributed by atoms with Crippen molar-refractivity contribution in [1.82, 2.24) is 19.8 Å². The first-order valence-corrected chi connectivity index (χ1v) is 11.3. The molecule has 0 aliphatic heterocycles. The second-order valence-electron chi connectivity index (χ2n) is 8.12. The quantitative estimate of drug-likeness (QED) is 0.283. The third-order valence-corrected chi connectivity index (χ3v) is 5.55.